The fourth-order valence-electron chi connectivity index (χ4n) is 2.15. The van der Waals surface area contributed by atoms with E-state index < -0.39 is 15.9 Å². The maximum atomic E-state index is 12.4. The first kappa shape index (κ1) is 14.0. The topological polar surface area (TPSA) is 106 Å². The molecular weight excluding hydrogens is 266 g/mol. The van der Waals surface area contributed by atoms with Crippen LogP contribution in [0.3, 0.4) is 0 Å². The van der Waals surface area contributed by atoms with Crippen LogP contribution in [0.5, 0.6) is 0 Å². The van der Waals surface area contributed by atoms with Crippen molar-refractivity contribution in [1.29, 1.82) is 0 Å². The third kappa shape index (κ3) is 2.94. The van der Waals surface area contributed by atoms with E-state index in [2.05, 4.69) is 0 Å². The molecule has 1 aliphatic rings. The van der Waals surface area contributed by atoms with Crippen LogP contribution in [-0.4, -0.2) is 37.8 Å². The number of carbonyl (C=O) groups excluding carboxylic acids is 1. The minimum atomic E-state index is -3.61. The van der Waals surface area contributed by atoms with Gasteiger partial charge in [0.2, 0.25) is 15.9 Å². The predicted molar refractivity (Wildman–Crippen MR) is 70.9 cm³/mol. The maximum Gasteiger partial charge on any atom is 0.248 e. The number of hydrogen-bond acceptors (Lipinski definition) is 4. The second-order valence-corrected chi connectivity index (χ2v) is 6.60. The highest BCUT2D eigenvalue weighted by molar-refractivity contribution is 7.89. The van der Waals surface area contributed by atoms with Crippen molar-refractivity contribution < 1.29 is 13.2 Å². The number of primary amides is 1. The van der Waals surface area contributed by atoms with Crippen molar-refractivity contribution in [2.24, 2.45) is 11.5 Å². The molecule has 1 amide bonds. The number of amides is 1. The van der Waals surface area contributed by atoms with Gasteiger partial charge in [-0.25, -0.2) is 8.42 Å². The summed E-state index contributed by atoms with van der Waals surface area (Å²) in [7, 11) is -3.61. The molecule has 0 aliphatic carbocycles. The summed E-state index contributed by atoms with van der Waals surface area (Å²) < 4.78 is 26.2. The second kappa shape index (κ2) is 5.28. The van der Waals surface area contributed by atoms with E-state index in [1.165, 1.54) is 28.6 Å². The van der Waals surface area contributed by atoms with Crippen molar-refractivity contribution in [1.82, 2.24) is 4.31 Å². The lowest BCUT2D eigenvalue weighted by Gasteiger charge is -2.29. The highest BCUT2D eigenvalue weighted by Gasteiger charge is 2.29. The van der Waals surface area contributed by atoms with Gasteiger partial charge in [0, 0.05) is 24.7 Å². The minimum Gasteiger partial charge on any atom is -0.366 e. The Morgan fingerprint density at radius 1 is 1.37 bits per heavy atom. The van der Waals surface area contributed by atoms with Gasteiger partial charge in [0.25, 0.3) is 0 Å². The average Bonchev–Trinajstić information content (AvgIpc) is 2.39. The normalized spacial score (nSPS) is 21.2. The number of benzene rings is 1. The number of piperidine rings is 1. The van der Waals surface area contributed by atoms with Gasteiger partial charge in [0.15, 0.2) is 0 Å². The lowest BCUT2D eigenvalue weighted by atomic mass is 10.1. The Hall–Kier alpha value is -1.44. The van der Waals surface area contributed by atoms with Crippen LogP contribution in [0.4, 0.5) is 0 Å². The summed E-state index contributed by atoms with van der Waals surface area (Å²) in [6, 6.07) is 5.63. The average molecular weight is 283 g/mol. The summed E-state index contributed by atoms with van der Waals surface area (Å²) >= 11 is 0. The first-order chi connectivity index (χ1) is 8.91. The fourth-order valence-corrected chi connectivity index (χ4v) is 3.73. The standard InChI is InChI=1S/C12H17N3O3S/c13-10-4-2-6-15(8-10)19(17,18)11-5-1-3-9(7-11)12(14)16/h1,3,5,7,10H,2,4,6,8,13H2,(H2,14,16). The van der Waals surface area contributed by atoms with E-state index in [4.69, 9.17) is 11.5 Å². The maximum absolute atomic E-state index is 12.4. The molecule has 1 aromatic rings. The van der Waals surface area contributed by atoms with E-state index in [1.807, 2.05) is 0 Å². The quantitative estimate of drug-likeness (QED) is 0.807. The lowest BCUT2D eigenvalue weighted by molar-refractivity contribution is 0.1000. The largest absolute Gasteiger partial charge is 0.366 e. The SMILES string of the molecule is NC(=O)c1cccc(S(=O)(=O)N2CCCC(N)C2)c1. The molecule has 1 fully saturated rings. The van der Waals surface area contributed by atoms with Crippen LogP contribution >= 0.6 is 0 Å². The van der Waals surface area contributed by atoms with E-state index in [0.29, 0.717) is 13.1 Å². The minimum absolute atomic E-state index is 0.0814. The van der Waals surface area contributed by atoms with Crippen molar-refractivity contribution in [2.45, 2.75) is 23.8 Å². The number of sulfonamides is 1. The highest BCUT2D eigenvalue weighted by Crippen LogP contribution is 2.20. The summed E-state index contributed by atoms with van der Waals surface area (Å²) in [5, 5.41) is 0. The Labute approximate surface area is 112 Å². The molecule has 104 valence electrons. The Morgan fingerprint density at radius 3 is 2.74 bits per heavy atom. The van der Waals surface area contributed by atoms with Gasteiger partial charge in [-0.1, -0.05) is 6.07 Å². The molecule has 0 bridgehead atoms. The summed E-state index contributed by atoms with van der Waals surface area (Å²) in [5.74, 6) is -0.646. The summed E-state index contributed by atoms with van der Waals surface area (Å²) in [5.41, 5.74) is 11.1. The van der Waals surface area contributed by atoms with Gasteiger partial charge in [0.1, 0.15) is 0 Å². The number of nitrogens with zero attached hydrogens (tertiary/aromatic N) is 1. The van der Waals surface area contributed by atoms with Crippen molar-refractivity contribution in [3.63, 3.8) is 0 Å². The Balaban J connectivity index is 2.33. The summed E-state index contributed by atoms with van der Waals surface area (Å²) in [6.07, 6.45) is 1.57. The van der Waals surface area contributed by atoms with Crippen LogP contribution in [0.15, 0.2) is 29.2 Å². The van der Waals surface area contributed by atoms with Crippen LogP contribution in [0.1, 0.15) is 23.2 Å². The van der Waals surface area contributed by atoms with Crippen LogP contribution in [0.2, 0.25) is 0 Å². The van der Waals surface area contributed by atoms with Gasteiger partial charge < -0.3 is 11.5 Å². The monoisotopic (exact) mass is 283 g/mol. The molecule has 1 aromatic carbocycles. The number of nitrogens with two attached hydrogens (primary N) is 2. The van der Waals surface area contributed by atoms with Gasteiger partial charge >= 0.3 is 0 Å². The molecule has 2 rings (SSSR count). The van der Waals surface area contributed by atoms with Crippen LogP contribution in [0.25, 0.3) is 0 Å². The van der Waals surface area contributed by atoms with Crippen molar-refractivity contribution in [3.8, 4) is 0 Å². The lowest BCUT2D eigenvalue weighted by Crippen LogP contribution is -2.45. The molecule has 4 N–H and O–H groups in total. The Morgan fingerprint density at radius 2 is 2.11 bits per heavy atom. The Kier molecular flexibility index (Phi) is 3.88. The van der Waals surface area contributed by atoms with Crippen molar-refractivity contribution >= 4 is 15.9 Å². The molecule has 19 heavy (non-hydrogen) atoms. The molecule has 1 saturated heterocycles. The highest BCUT2D eigenvalue weighted by atomic mass is 32.2. The van der Waals surface area contributed by atoms with Gasteiger partial charge in [-0.2, -0.15) is 4.31 Å². The van der Waals surface area contributed by atoms with Gasteiger partial charge in [-0.3, -0.25) is 4.79 Å². The van der Waals surface area contributed by atoms with E-state index in [-0.39, 0.29) is 16.5 Å². The predicted octanol–water partition coefficient (Wildman–Crippen LogP) is -0.103. The van der Waals surface area contributed by atoms with Crippen molar-refractivity contribution in [3.05, 3.63) is 29.8 Å². The zero-order valence-corrected chi connectivity index (χ0v) is 11.3. The molecule has 1 atom stereocenters. The van der Waals surface area contributed by atoms with Gasteiger partial charge in [-0.05, 0) is 31.0 Å². The van der Waals surface area contributed by atoms with E-state index in [1.54, 1.807) is 0 Å². The third-order valence-corrected chi connectivity index (χ3v) is 5.04. The Bertz CT molecular complexity index is 586. The van der Waals surface area contributed by atoms with Gasteiger partial charge in [-0.15, -0.1) is 0 Å². The van der Waals surface area contributed by atoms with Crippen LogP contribution < -0.4 is 11.5 Å². The number of hydrogen-bond donors (Lipinski definition) is 2. The molecule has 0 aromatic heterocycles. The summed E-state index contributed by atoms with van der Waals surface area (Å²) in [6.45, 7) is 0.764. The second-order valence-electron chi connectivity index (χ2n) is 4.66. The molecule has 0 radical (unpaired) electrons. The molecule has 1 aliphatic heterocycles. The van der Waals surface area contributed by atoms with E-state index >= 15 is 0 Å². The van der Waals surface area contributed by atoms with Gasteiger partial charge in [0.05, 0.1) is 4.90 Å². The zero-order chi connectivity index (χ0) is 14.0. The summed E-state index contributed by atoms with van der Waals surface area (Å²) in [4.78, 5) is 11.2. The first-order valence-electron chi connectivity index (χ1n) is 6.07. The number of rotatable bonds is 3. The van der Waals surface area contributed by atoms with Crippen LogP contribution in [-0.2, 0) is 10.0 Å². The van der Waals surface area contributed by atoms with Crippen molar-refractivity contribution in [2.75, 3.05) is 13.1 Å². The fraction of sp³-hybridized carbons (Fsp3) is 0.417. The van der Waals surface area contributed by atoms with E-state index in [0.717, 1.165) is 12.8 Å². The third-order valence-electron chi connectivity index (χ3n) is 3.18. The molecule has 1 heterocycles. The molecular formula is C12H17N3O3S. The first-order valence-corrected chi connectivity index (χ1v) is 7.51. The molecule has 7 heteroatoms. The van der Waals surface area contributed by atoms with Crippen LogP contribution in [0, 0.1) is 0 Å². The smallest absolute Gasteiger partial charge is 0.248 e. The van der Waals surface area contributed by atoms with E-state index in [9.17, 15) is 13.2 Å². The zero-order valence-electron chi connectivity index (χ0n) is 10.5. The number of carbonyl (C=O) groups is 1. The molecule has 0 saturated carbocycles. The molecule has 0 spiro atoms. The molecule has 6 nitrogen and oxygen atoms in total. The molecule has 1 unspecified atom stereocenters.